The molecule has 374 valence electrons. The van der Waals surface area contributed by atoms with Crippen molar-refractivity contribution in [3.63, 3.8) is 0 Å². The van der Waals surface area contributed by atoms with Crippen LogP contribution in [0.1, 0.15) is 0 Å². The highest BCUT2D eigenvalue weighted by atomic mass is 15.1. The summed E-state index contributed by atoms with van der Waals surface area (Å²) in [4.78, 5) is 4.71. The molecule has 0 bridgehead atoms. The van der Waals surface area contributed by atoms with E-state index in [0.717, 1.165) is 0 Å². The summed E-state index contributed by atoms with van der Waals surface area (Å²) in [6.07, 6.45) is 0. The fourth-order valence-electron chi connectivity index (χ4n) is 14.6. The van der Waals surface area contributed by atoms with E-state index in [1.165, 1.54) is 163 Å². The summed E-state index contributed by atoms with van der Waals surface area (Å²) in [6.45, 7) is -0.371. The van der Waals surface area contributed by atoms with Crippen molar-refractivity contribution in [1.29, 1.82) is 0 Å². The molecule has 16 aromatic rings. The van der Waals surface area contributed by atoms with Crippen LogP contribution in [0.15, 0.2) is 255 Å². The van der Waals surface area contributed by atoms with E-state index in [1.807, 2.05) is 0 Å². The lowest BCUT2D eigenvalue weighted by Crippen LogP contribution is -2.54. The van der Waals surface area contributed by atoms with Gasteiger partial charge >= 0.3 is 0 Å². The average molecular weight is 1020 g/mol. The van der Waals surface area contributed by atoms with E-state index >= 15 is 0 Å². The Morgan fingerprint density at radius 1 is 0.212 bits per heavy atom. The molecule has 0 N–H and O–H groups in total. The second-order valence-electron chi connectivity index (χ2n) is 22.6. The zero-order valence-electron chi connectivity index (χ0n) is 45.3. The number of benzene rings is 16. The smallest absolute Gasteiger partial charge is 0.245 e. The highest BCUT2D eigenvalue weighted by Gasteiger charge is 2.36. The normalized spacial score (nSPS) is 12.0. The molecule has 0 amide bonds. The van der Waals surface area contributed by atoms with Crippen molar-refractivity contribution >= 4 is 176 Å². The maximum atomic E-state index is 2.56. The third-order valence-electron chi connectivity index (χ3n) is 17.9. The largest absolute Gasteiger partial charge is 0.377 e. The first-order valence-corrected chi connectivity index (χ1v) is 28.1. The summed E-state index contributed by atoms with van der Waals surface area (Å²) in [5.41, 5.74) is 10.3. The van der Waals surface area contributed by atoms with E-state index in [0.29, 0.717) is 0 Å². The molecule has 0 aliphatic rings. The van der Waals surface area contributed by atoms with Gasteiger partial charge in [0.25, 0.3) is 0 Å². The topological polar surface area (TPSA) is 6.48 Å². The molecule has 0 aromatic heterocycles. The third kappa shape index (κ3) is 6.88. The molecule has 0 heterocycles. The van der Waals surface area contributed by atoms with Crippen molar-refractivity contribution in [3.8, 4) is 0 Å². The van der Waals surface area contributed by atoms with Gasteiger partial charge in [-0.2, -0.15) is 0 Å². The fraction of sp³-hybridized carbons (Fsp3) is 0.0526. The van der Waals surface area contributed by atoms with Crippen LogP contribution in [0.25, 0.3) is 118 Å². The number of fused-ring (bicyclic) bond motifs is 8. The van der Waals surface area contributed by atoms with Gasteiger partial charge < -0.3 is 9.80 Å². The van der Waals surface area contributed by atoms with Gasteiger partial charge in [0.15, 0.2) is 0 Å². The monoisotopic (exact) mass is 1020 g/mol. The van der Waals surface area contributed by atoms with E-state index < -0.39 is 0 Å². The molecule has 16 aromatic carbocycles. The van der Waals surface area contributed by atoms with Crippen LogP contribution >= 0.6 is 0 Å². The Balaban J connectivity index is 1.12. The Kier molecular flexibility index (Phi) is 10.4. The summed E-state index contributed by atoms with van der Waals surface area (Å²) < 4.78 is 0. The van der Waals surface area contributed by atoms with Gasteiger partial charge in [0, 0.05) is 50.3 Å². The molecule has 0 aliphatic carbocycles. The molecule has 0 saturated carbocycles. The van der Waals surface area contributed by atoms with E-state index in [1.54, 1.807) is 0 Å². The van der Waals surface area contributed by atoms with E-state index in [9.17, 15) is 0 Å². The average Bonchev–Trinajstić information content (AvgIpc) is 3.60. The molecule has 0 radical (unpaired) electrons. The molecule has 16 rings (SSSR count). The lowest BCUT2D eigenvalue weighted by molar-refractivity contribution is 1.14. The Morgan fingerprint density at radius 3 is 0.625 bits per heavy atom. The summed E-state index contributed by atoms with van der Waals surface area (Å²) in [7, 11) is 8.93. The molecule has 80 heavy (non-hydrogen) atoms. The first kappa shape index (κ1) is 46.5. The molecule has 0 aliphatic heterocycles. The van der Waals surface area contributed by atoms with Crippen molar-refractivity contribution in [2.24, 2.45) is 0 Å². The van der Waals surface area contributed by atoms with Gasteiger partial charge in [-0.15, -0.1) is 0 Å². The van der Waals surface area contributed by atoms with Crippen LogP contribution in [0.3, 0.4) is 0 Å². The highest BCUT2D eigenvalue weighted by molar-refractivity contribution is 7.03. The lowest BCUT2D eigenvalue weighted by Gasteiger charge is -2.30. The molecule has 0 fully saturated rings. The second kappa shape index (κ2) is 18.0. The van der Waals surface area contributed by atoms with Gasteiger partial charge in [0.2, 0.25) is 13.4 Å². The van der Waals surface area contributed by atoms with Crippen LogP contribution in [0.5, 0.6) is 0 Å². The summed E-state index contributed by atoms with van der Waals surface area (Å²) in [6, 6.07) is 97.3. The third-order valence-corrected chi connectivity index (χ3v) is 17.9. The second-order valence-corrected chi connectivity index (χ2v) is 22.6. The van der Waals surface area contributed by atoms with Gasteiger partial charge in [-0.3, -0.25) is 0 Å². The van der Waals surface area contributed by atoms with Crippen LogP contribution in [0, 0.1) is 0 Å². The van der Waals surface area contributed by atoms with Crippen molar-refractivity contribution in [2.45, 2.75) is 0 Å². The minimum absolute atomic E-state index is 0.185. The van der Waals surface area contributed by atoms with Gasteiger partial charge in [-0.1, -0.05) is 251 Å². The van der Waals surface area contributed by atoms with Crippen molar-refractivity contribution in [1.82, 2.24) is 0 Å². The predicted molar refractivity (Wildman–Crippen MR) is 354 cm³/mol. The number of rotatable bonds is 8. The predicted octanol–water partition coefficient (Wildman–Crippen LogP) is 15.0. The van der Waals surface area contributed by atoms with Crippen molar-refractivity contribution < 1.29 is 0 Å². The molecule has 0 spiro atoms. The molecular weight excluding hydrogens is 962 g/mol. The maximum absolute atomic E-state index is 2.56. The van der Waals surface area contributed by atoms with Crippen LogP contribution < -0.4 is 42.6 Å². The van der Waals surface area contributed by atoms with Crippen molar-refractivity contribution in [2.75, 3.05) is 38.0 Å². The first-order chi connectivity index (χ1) is 39.4. The zero-order chi connectivity index (χ0) is 53.3. The van der Waals surface area contributed by atoms with Crippen LogP contribution in [-0.4, -0.2) is 41.6 Å². The molecule has 0 atom stereocenters. The Morgan fingerprint density at radius 2 is 0.412 bits per heavy atom. The van der Waals surface area contributed by atoms with Crippen LogP contribution in [0.4, 0.5) is 11.4 Å². The summed E-state index contributed by atoms with van der Waals surface area (Å²) in [5.74, 6) is 0. The van der Waals surface area contributed by atoms with Gasteiger partial charge in [-0.25, -0.2) is 0 Å². The van der Waals surface area contributed by atoms with Crippen LogP contribution in [-0.2, 0) is 0 Å². The maximum Gasteiger partial charge on any atom is 0.245 e. The number of nitrogens with zero attached hydrogens (tertiary/aromatic N) is 2. The summed E-state index contributed by atoms with van der Waals surface area (Å²) in [5, 5.41) is 27.8. The number of hydrogen-bond donors (Lipinski definition) is 0. The lowest BCUT2D eigenvalue weighted by atomic mass is 9.33. The highest BCUT2D eigenvalue weighted by Crippen LogP contribution is 2.42. The Hall–Kier alpha value is -9.63. The standard InChI is InChI=1S/C76H54B2N2/c1-79(2)69-45-67(77(73-55-29-13-5-21-47(55)41-48-22-6-14-30-56(48)73)74-57-31-15-7-23-49(57)42-50-24-8-16-32-58(50)74)63-38-40-66-70(80(3)4)46-68(64-37-39-65(69)71(63)72(64)66)78(75-59-33-17-9-25-51(59)43-52-26-10-18-34-60(52)75)76-61-35-19-11-27-53(61)44-54-28-12-20-36-62(54)76/h5-46H,1-4H3. The van der Waals surface area contributed by atoms with Crippen molar-refractivity contribution in [3.05, 3.63) is 255 Å². The Labute approximate surface area is 466 Å². The van der Waals surface area contributed by atoms with E-state index in [2.05, 4.69) is 293 Å². The minimum atomic E-state index is -0.185. The van der Waals surface area contributed by atoms with E-state index in [-0.39, 0.29) is 13.4 Å². The fourth-order valence-corrected chi connectivity index (χ4v) is 14.6. The molecule has 2 nitrogen and oxygen atoms in total. The van der Waals surface area contributed by atoms with Gasteiger partial charge in [0.1, 0.15) is 0 Å². The number of anilines is 2. The van der Waals surface area contributed by atoms with E-state index in [4.69, 9.17) is 0 Å². The molecular formula is C76H54B2N2. The Bertz CT molecular complexity index is 4450. The number of hydrogen-bond acceptors (Lipinski definition) is 2. The zero-order valence-corrected chi connectivity index (χ0v) is 45.3. The molecule has 0 unspecified atom stereocenters. The molecule has 0 saturated heterocycles. The quantitative estimate of drug-likeness (QED) is 0.0850. The first-order valence-electron chi connectivity index (χ1n) is 28.1. The SMILES string of the molecule is CN(C)c1cc(B(c2c3ccccc3cc3ccccc23)c2c3ccccc3cc3ccccc23)c2ccc3c(N(C)C)cc(B(c4c5ccccc5cc5ccccc45)c4c5ccccc5cc5ccccc45)c4ccc1c2c43. The molecule has 4 heteroatoms. The van der Waals surface area contributed by atoms with Crippen LogP contribution in [0.2, 0.25) is 0 Å². The van der Waals surface area contributed by atoms with Gasteiger partial charge in [-0.05, 0) is 144 Å². The summed E-state index contributed by atoms with van der Waals surface area (Å²) >= 11 is 0. The van der Waals surface area contributed by atoms with Gasteiger partial charge in [0.05, 0.1) is 0 Å². The minimum Gasteiger partial charge on any atom is -0.377 e.